The third-order valence-corrected chi connectivity index (χ3v) is 2.35. The predicted molar refractivity (Wildman–Crippen MR) is 60.6 cm³/mol. The van der Waals surface area contributed by atoms with Crippen LogP contribution in [0.25, 0.3) is 0 Å². The molecule has 21 heavy (non-hydrogen) atoms. The number of nitrogens with two attached hydrogens (primary N) is 1. The van der Waals surface area contributed by atoms with Crippen molar-refractivity contribution in [3.8, 4) is 0 Å². The Hall–Kier alpha value is -2.78. The van der Waals surface area contributed by atoms with E-state index >= 15 is 0 Å². The van der Waals surface area contributed by atoms with E-state index in [0.29, 0.717) is 0 Å². The van der Waals surface area contributed by atoms with Crippen molar-refractivity contribution in [2.24, 2.45) is 0 Å². The van der Waals surface area contributed by atoms with E-state index in [1.165, 1.54) is 0 Å². The van der Waals surface area contributed by atoms with E-state index < -0.39 is 46.4 Å². The number of nitrogens with zero attached hydrogens (tertiary/aromatic N) is 2. The largest absolute Gasteiger partial charge is 0.382 e. The highest BCUT2D eigenvalue weighted by atomic mass is 19.2. The minimum atomic E-state index is -2.32. The van der Waals surface area contributed by atoms with Gasteiger partial charge in [-0.3, -0.25) is 4.79 Å². The molecule has 0 saturated heterocycles. The molecule has 0 atom stereocenters. The molecule has 1 aromatic heterocycles. The second-order valence-electron chi connectivity index (χ2n) is 3.73. The van der Waals surface area contributed by atoms with Gasteiger partial charge in [-0.15, -0.1) is 0 Å². The molecule has 0 unspecified atom stereocenters. The molecule has 2 rings (SSSR count). The van der Waals surface area contributed by atoms with Gasteiger partial charge in [-0.25, -0.2) is 31.9 Å². The number of amides is 1. The number of aromatic nitrogens is 2. The van der Waals surface area contributed by atoms with Crippen LogP contribution >= 0.6 is 0 Å². The minimum absolute atomic E-state index is 0.0252. The van der Waals surface area contributed by atoms with Crippen LogP contribution in [0.4, 0.5) is 33.5 Å². The lowest BCUT2D eigenvalue weighted by atomic mass is 10.2. The van der Waals surface area contributed by atoms with Crippen molar-refractivity contribution >= 4 is 17.4 Å². The summed E-state index contributed by atoms with van der Waals surface area (Å²) in [7, 11) is 0. The normalized spacial score (nSPS) is 10.5. The summed E-state index contributed by atoms with van der Waals surface area (Å²) < 4.78 is 65.4. The molecule has 0 bridgehead atoms. The van der Waals surface area contributed by atoms with Crippen LogP contribution in [0.1, 0.15) is 10.5 Å². The average molecular weight is 304 g/mol. The van der Waals surface area contributed by atoms with Crippen molar-refractivity contribution in [2.45, 2.75) is 0 Å². The molecule has 1 heterocycles. The van der Waals surface area contributed by atoms with Crippen LogP contribution in [0, 0.1) is 29.1 Å². The lowest BCUT2D eigenvalue weighted by molar-refractivity contribution is 0.102. The van der Waals surface area contributed by atoms with Gasteiger partial charge in [0.25, 0.3) is 5.91 Å². The van der Waals surface area contributed by atoms with E-state index in [2.05, 4.69) is 9.97 Å². The number of benzene rings is 1. The van der Waals surface area contributed by atoms with Crippen LogP contribution in [0.3, 0.4) is 0 Å². The molecule has 110 valence electrons. The Morgan fingerprint density at radius 1 is 0.905 bits per heavy atom. The van der Waals surface area contributed by atoms with Crippen LogP contribution in [0.2, 0.25) is 0 Å². The van der Waals surface area contributed by atoms with Crippen molar-refractivity contribution in [2.75, 3.05) is 11.1 Å². The Morgan fingerprint density at radius 2 is 1.43 bits per heavy atom. The first kappa shape index (κ1) is 14.6. The van der Waals surface area contributed by atoms with E-state index in [-0.39, 0.29) is 5.82 Å². The lowest BCUT2D eigenvalue weighted by Gasteiger charge is -2.09. The third-order valence-electron chi connectivity index (χ3n) is 2.35. The molecular formula is C11H5F5N4O. The van der Waals surface area contributed by atoms with Gasteiger partial charge in [0, 0.05) is 0 Å². The number of hydrogen-bond acceptors (Lipinski definition) is 4. The fraction of sp³-hybridized carbons (Fsp3) is 0. The summed E-state index contributed by atoms with van der Waals surface area (Å²) in [6, 6.07) is 0. The highest BCUT2D eigenvalue weighted by Crippen LogP contribution is 2.27. The highest BCUT2D eigenvalue weighted by Gasteiger charge is 2.27. The molecule has 5 nitrogen and oxygen atoms in total. The standard InChI is InChI=1S/C11H5F5N4O/c12-5-6(13)8(15)10(9(16)7(5)14)20-11(21)3-1-19-4(17)2-18-3/h1-2H,(H2,17,19)(H,20,21). The van der Waals surface area contributed by atoms with E-state index in [1.54, 1.807) is 5.32 Å². The summed E-state index contributed by atoms with van der Waals surface area (Å²) in [6.07, 6.45) is 1.85. The van der Waals surface area contributed by atoms with Crippen LogP contribution in [0.15, 0.2) is 12.4 Å². The summed E-state index contributed by atoms with van der Waals surface area (Å²) in [5.41, 5.74) is 3.32. The molecule has 1 aromatic carbocycles. The zero-order valence-corrected chi connectivity index (χ0v) is 9.92. The molecule has 1 amide bonds. The Morgan fingerprint density at radius 3 is 1.90 bits per heavy atom. The number of anilines is 2. The number of hydrogen-bond donors (Lipinski definition) is 2. The minimum Gasteiger partial charge on any atom is -0.382 e. The molecule has 0 aliphatic rings. The van der Waals surface area contributed by atoms with Gasteiger partial charge in [-0.1, -0.05) is 0 Å². The van der Waals surface area contributed by atoms with E-state index in [4.69, 9.17) is 5.73 Å². The van der Waals surface area contributed by atoms with Crippen LogP contribution < -0.4 is 11.1 Å². The number of carbonyl (C=O) groups is 1. The molecule has 0 spiro atoms. The van der Waals surface area contributed by atoms with Crippen LogP contribution in [-0.2, 0) is 0 Å². The zero-order chi connectivity index (χ0) is 15.7. The summed E-state index contributed by atoms with van der Waals surface area (Å²) in [5.74, 6) is -12.2. The first-order chi connectivity index (χ1) is 9.82. The van der Waals surface area contributed by atoms with Crippen molar-refractivity contribution in [1.82, 2.24) is 9.97 Å². The van der Waals surface area contributed by atoms with Gasteiger partial charge >= 0.3 is 0 Å². The SMILES string of the molecule is Nc1cnc(C(=O)Nc2c(F)c(F)c(F)c(F)c2F)cn1. The van der Waals surface area contributed by atoms with Gasteiger partial charge in [0.2, 0.25) is 5.82 Å². The lowest BCUT2D eigenvalue weighted by Crippen LogP contribution is -2.18. The second kappa shape index (κ2) is 5.31. The van der Waals surface area contributed by atoms with Crippen molar-refractivity contribution in [3.05, 3.63) is 47.2 Å². The van der Waals surface area contributed by atoms with E-state index in [0.717, 1.165) is 12.4 Å². The number of carbonyl (C=O) groups excluding carboxylic acids is 1. The molecule has 0 fully saturated rings. The van der Waals surface area contributed by atoms with Crippen molar-refractivity contribution in [3.63, 3.8) is 0 Å². The Balaban J connectivity index is 2.40. The Kier molecular flexibility index (Phi) is 3.70. The van der Waals surface area contributed by atoms with Gasteiger partial charge in [0.1, 0.15) is 17.2 Å². The second-order valence-corrected chi connectivity index (χ2v) is 3.73. The maximum Gasteiger partial charge on any atom is 0.276 e. The molecule has 0 saturated carbocycles. The zero-order valence-electron chi connectivity index (χ0n) is 9.92. The fourth-order valence-electron chi connectivity index (χ4n) is 1.35. The summed E-state index contributed by atoms with van der Waals surface area (Å²) in [6.45, 7) is 0. The molecule has 0 radical (unpaired) electrons. The van der Waals surface area contributed by atoms with Crippen LogP contribution in [-0.4, -0.2) is 15.9 Å². The summed E-state index contributed by atoms with van der Waals surface area (Å²) in [4.78, 5) is 18.6. The van der Waals surface area contributed by atoms with Crippen molar-refractivity contribution < 1.29 is 26.7 Å². The molecule has 0 aliphatic heterocycles. The number of rotatable bonds is 2. The number of nitrogens with one attached hydrogen (secondary N) is 1. The van der Waals surface area contributed by atoms with Gasteiger partial charge < -0.3 is 11.1 Å². The smallest absolute Gasteiger partial charge is 0.276 e. The van der Waals surface area contributed by atoms with Crippen LogP contribution in [0.5, 0.6) is 0 Å². The maximum atomic E-state index is 13.4. The van der Waals surface area contributed by atoms with Gasteiger partial charge in [0.15, 0.2) is 23.3 Å². The van der Waals surface area contributed by atoms with E-state index in [1.807, 2.05) is 0 Å². The summed E-state index contributed by atoms with van der Waals surface area (Å²) >= 11 is 0. The molecule has 0 aliphatic carbocycles. The van der Waals surface area contributed by atoms with Gasteiger partial charge in [-0.2, -0.15) is 0 Å². The fourth-order valence-corrected chi connectivity index (χ4v) is 1.35. The number of nitrogen functional groups attached to an aromatic ring is 1. The predicted octanol–water partition coefficient (Wildman–Crippen LogP) is 2.01. The van der Waals surface area contributed by atoms with Gasteiger partial charge in [0.05, 0.1) is 12.4 Å². The first-order valence-corrected chi connectivity index (χ1v) is 5.23. The Bertz CT molecular complexity index is 691. The van der Waals surface area contributed by atoms with Gasteiger partial charge in [-0.05, 0) is 0 Å². The summed E-state index contributed by atoms with van der Waals surface area (Å²) in [5, 5.41) is 1.54. The molecular weight excluding hydrogens is 299 g/mol. The molecule has 2 aromatic rings. The molecule has 10 heteroatoms. The monoisotopic (exact) mass is 304 g/mol. The quantitative estimate of drug-likeness (QED) is 0.505. The van der Waals surface area contributed by atoms with E-state index in [9.17, 15) is 26.7 Å². The Labute approximate surface area is 113 Å². The third kappa shape index (κ3) is 2.59. The average Bonchev–Trinajstić information content (AvgIpc) is 2.48. The first-order valence-electron chi connectivity index (χ1n) is 5.23. The molecule has 3 N–H and O–H groups in total. The highest BCUT2D eigenvalue weighted by molar-refractivity contribution is 6.02. The maximum absolute atomic E-state index is 13.4. The topological polar surface area (TPSA) is 80.9 Å². The number of halogens is 5. The van der Waals surface area contributed by atoms with Crippen molar-refractivity contribution in [1.29, 1.82) is 0 Å².